The lowest BCUT2D eigenvalue weighted by atomic mass is 9.89. The number of hydrogen-bond acceptors (Lipinski definition) is 10. The third-order valence-corrected chi connectivity index (χ3v) is 26.7. The summed E-state index contributed by atoms with van der Waals surface area (Å²) in [5.41, 5.74) is -0.675. The molecule has 0 aliphatic heterocycles. The van der Waals surface area contributed by atoms with Gasteiger partial charge in [0.1, 0.15) is 11.6 Å². The predicted octanol–water partition coefficient (Wildman–Crippen LogP) is 5.17. The monoisotopic (exact) mass is 974 g/mol. The van der Waals surface area contributed by atoms with E-state index in [4.69, 9.17) is 0 Å². The molecule has 56 heavy (non-hydrogen) atoms. The number of Topliss-reactive ketones (excluding diaryl/α,β-unsaturated/α-hetero) is 5. The zero-order chi connectivity index (χ0) is 43.7. The van der Waals surface area contributed by atoms with E-state index >= 15 is 0 Å². The molecule has 0 fully saturated rings. The van der Waals surface area contributed by atoms with Crippen molar-refractivity contribution in [3.8, 4) is 0 Å². The van der Waals surface area contributed by atoms with E-state index in [2.05, 4.69) is 65.9 Å². The predicted molar refractivity (Wildman–Crippen MR) is 253 cm³/mol. The van der Waals surface area contributed by atoms with Gasteiger partial charge in [-0.15, -0.1) is 44.6 Å². The second-order valence-electron chi connectivity index (χ2n) is 14.5. The number of nitrogens with one attached hydrogen (secondary N) is 4. The van der Waals surface area contributed by atoms with Gasteiger partial charge >= 0.3 is 0 Å². The van der Waals surface area contributed by atoms with Gasteiger partial charge in [-0.3, -0.25) is 42.9 Å². The fourth-order valence-electron chi connectivity index (χ4n) is 5.39. The van der Waals surface area contributed by atoms with Crippen LogP contribution in [0.2, 0.25) is 0 Å². The minimum absolute atomic E-state index is 0.00330. The maximum Gasteiger partial charge on any atom is 0.229 e. The molecule has 10 unspecified atom stereocenters. The first kappa shape index (κ1) is 56.8. The van der Waals surface area contributed by atoms with Crippen molar-refractivity contribution in [2.75, 3.05) is 19.4 Å². The molecule has 0 heterocycles. The van der Waals surface area contributed by atoms with E-state index in [0.717, 1.165) is 0 Å². The van der Waals surface area contributed by atoms with Crippen LogP contribution in [0, 0.1) is 23.7 Å². The normalized spacial score (nSPS) is 18.0. The quantitative estimate of drug-likeness (QED) is 0.0616. The number of likely N-dealkylation sites (N-methyl/N-ethyl adjacent to an activating group) is 1. The number of carbonyl (C=O) groups excluding carboxylic acids is 8. The third-order valence-electron chi connectivity index (χ3n) is 8.98. The smallest absolute Gasteiger partial charge is 0.229 e. The molecule has 0 bridgehead atoms. The van der Waals surface area contributed by atoms with Crippen molar-refractivity contribution in [2.24, 2.45) is 23.7 Å². The Hall–Kier alpha value is 0.780. The first-order valence-corrected chi connectivity index (χ1v) is 34.3. The molecular weight excluding hydrogens is 910 g/mol. The molecule has 3 amide bonds. The first-order valence-electron chi connectivity index (χ1n) is 18.1. The molecule has 0 saturated heterocycles. The first-order chi connectivity index (χ1) is 25.8. The van der Waals surface area contributed by atoms with E-state index in [1.807, 2.05) is 13.8 Å². The largest absolute Gasteiger partial charge is 0.346 e. The van der Waals surface area contributed by atoms with Crippen LogP contribution in [-0.4, -0.2) is 100 Å². The summed E-state index contributed by atoms with van der Waals surface area (Å²) in [7, 11) is 9.23. The van der Waals surface area contributed by atoms with E-state index in [1.165, 1.54) is 20.8 Å². The third kappa shape index (κ3) is 21.5. The van der Waals surface area contributed by atoms with Crippen LogP contribution < -0.4 is 21.3 Å². The van der Waals surface area contributed by atoms with Crippen LogP contribution in [0.25, 0.3) is 0 Å². The van der Waals surface area contributed by atoms with Crippen molar-refractivity contribution in [2.45, 2.75) is 110 Å². The summed E-state index contributed by atoms with van der Waals surface area (Å²) in [4.78, 5) is 114. The van der Waals surface area contributed by atoms with Gasteiger partial charge in [-0.1, -0.05) is 51.2 Å². The minimum atomic E-state index is -4.03. The van der Waals surface area contributed by atoms with Crippen LogP contribution in [0.4, 0.5) is 0 Å². The molecule has 322 valence electrons. The number of rotatable bonds is 29. The highest BCUT2D eigenvalue weighted by molar-refractivity contribution is 8.61. The Balaban J connectivity index is 5.48. The lowest BCUT2D eigenvalue weighted by Gasteiger charge is -2.27. The molecule has 0 aliphatic carbocycles. The molecule has 0 aromatic heterocycles. The highest BCUT2D eigenvalue weighted by Crippen LogP contribution is 2.68. The molecule has 24 heteroatoms. The van der Waals surface area contributed by atoms with Gasteiger partial charge in [0.15, 0.2) is 23.1 Å². The van der Waals surface area contributed by atoms with Crippen molar-refractivity contribution in [3.05, 3.63) is 0 Å². The minimum Gasteiger partial charge on any atom is -0.346 e. The van der Waals surface area contributed by atoms with Gasteiger partial charge in [-0.25, -0.2) is 0 Å². The van der Waals surface area contributed by atoms with Crippen LogP contribution in [0.3, 0.4) is 0 Å². The fourth-order valence-corrected chi connectivity index (χ4v) is 15.1. The van der Waals surface area contributed by atoms with Gasteiger partial charge in [0.2, 0.25) is 25.1 Å². The lowest BCUT2D eigenvalue weighted by molar-refractivity contribution is -0.134. The summed E-state index contributed by atoms with van der Waals surface area (Å²) in [6.07, 6.45) is -1.21. The maximum atomic E-state index is 13.5. The number of amides is 3. The van der Waals surface area contributed by atoms with E-state index < -0.39 is 98.7 Å². The Kier molecular flexibility index (Phi) is 28.8. The number of carbonyl (C=O) groups is 8. The van der Waals surface area contributed by atoms with E-state index in [9.17, 15) is 47.8 Å². The van der Waals surface area contributed by atoms with Crippen LogP contribution in [0.15, 0.2) is 0 Å². The molecule has 5 N–H and O–H groups in total. The molecule has 0 aliphatic rings. The Morgan fingerprint density at radius 1 is 0.732 bits per heavy atom. The van der Waals surface area contributed by atoms with Gasteiger partial charge in [-0.05, 0) is 47.5 Å². The summed E-state index contributed by atoms with van der Waals surface area (Å²) in [5.74, 6) is -6.80. The summed E-state index contributed by atoms with van der Waals surface area (Å²) < 4.78 is 13.5. The lowest BCUT2D eigenvalue weighted by Crippen LogP contribution is -2.44. The Morgan fingerprint density at radius 2 is 1.25 bits per heavy atom. The highest BCUT2D eigenvalue weighted by atomic mass is 32.6. The average Bonchev–Trinajstić information content (AvgIpc) is 3.10. The van der Waals surface area contributed by atoms with Crippen LogP contribution >= 0.6 is 82.8 Å². The maximum absolute atomic E-state index is 13.5. The van der Waals surface area contributed by atoms with Gasteiger partial charge in [0.25, 0.3) is 0 Å². The summed E-state index contributed by atoms with van der Waals surface area (Å²) in [6.45, 7) is 11.2. The highest BCUT2D eigenvalue weighted by Gasteiger charge is 2.35. The molecular formula is C32H64N4O10P10. The molecule has 17 atom stereocenters. The van der Waals surface area contributed by atoms with Gasteiger partial charge in [0, 0.05) is 55.8 Å². The topological polar surface area (TPSA) is 222 Å². The van der Waals surface area contributed by atoms with Crippen LogP contribution in [0.1, 0.15) is 80.6 Å². The molecule has 0 rings (SSSR count). The summed E-state index contributed by atoms with van der Waals surface area (Å²) >= 11 is 0. The van der Waals surface area contributed by atoms with Crippen molar-refractivity contribution >= 4 is 129 Å². The Morgan fingerprint density at radius 3 is 1.70 bits per heavy atom. The van der Waals surface area contributed by atoms with Crippen LogP contribution in [0.5, 0.6) is 0 Å². The standard InChI is InChI=1S/C32H64N4O10P10/c1-16(2)11-22(25(40)13-18(4)29(43)35-20(6)24(39)12-17(3)28(42)34-19(5)21(7)37)15-56(45,46)10-9-23(38)31(52-47)36-30(44)27(54(49)50)14-26(41)32(33-8)55(51)53-48/h16-20,22,27,31-33,52-53H,9-15,47-51H2,1-8H3,(H,34,42)(H,35,43)(H,36,44)(H,45,46)/t17-,18-,19+,20+,22?,27-,31+,32+,55?/m1/s1. The van der Waals surface area contributed by atoms with Gasteiger partial charge in [0.05, 0.1) is 23.5 Å². The van der Waals surface area contributed by atoms with Gasteiger partial charge < -0.3 is 26.2 Å². The Labute approximate surface area is 350 Å². The molecule has 14 nitrogen and oxygen atoms in total. The summed E-state index contributed by atoms with van der Waals surface area (Å²) in [5, 5.41) is 10.9. The molecule has 0 aromatic rings. The molecule has 0 radical (unpaired) electrons. The number of ketones is 5. The van der Waals surface area contributed by atoms with Crippen molar-refractivity contribution in [1.29, 1.82) is 0 Å². The van der Waals surface area contributed by atoms with Crippen molar-refractivity contribution in [3.63, 3.8) is 0 Å². The van der Waals surface area contributed by atoms with E-state index in [0.29, 0.717) is 7.96 Å². The fraction of sp³-hybridized carbons (Fsp3) is 0.750. The van der Waals surface area contributed by atoms with Crippen molar-refractivity contribution in [1.82, 2.24) is 21.3 Å². The van der Waals surface area contributed by atoms with Crippen LogP contribution in [-0.2, 0) is 42.9 Å². The second-order valence-corrected chi connectivity index (χ2v) is 35.2. The summed E-state index contributed by atoms with van der Waals surface area (Å²) in [6, 6.07) is -1.64. The average molecular weight is 975 g/mol. The molecule has 0 spiro atoms. The molecule has 0 saturated carbocycles. The molecule has 0 aromatic carbocycles. The van der Waals surface area contributed by atoms with Crippen molar-refractivity contribution < 1.29 is 47.8 Å². The zero-order valence-corrected chi connectivity index (χ0v) is 44.0. The second kappa shape index (κ2) is 28.4. The van der Waals surface area contributed by atoms with E-state index in [1.54, 1.807) is 20.9 Å². The zero-order valence-electron chi connectivity index (χ0n) is 33.5. The van der Waals surface area contributed by atoms with E-state index in [-0.39, 0.29) is 75.6 Å². The number of hydrogen-bond donors (Lipinski definition) is 5. The SMILES string of the molecule is CN[C@H](C(=O)C[C@H](C(=O)N[C@@H](PP)C(=O)CCP(=O)(O)CC(CC(C)C)C(=O)C[C@@H](C)C(=O)N[C@@H](C)C(=O)C[C@@H](C)C(=O)N[C@@H](C)C(C)=O)P(P)P)P(P)PP. The van der Waals surface area contributed by atoms with Gasteiger partial charge in [-0.2, -0.15) is 0 Å². The Bertz CT molecular complexity index is 1440.